The van der Waals surface area contributed by atoms with Gasteiger partial charge in [-0.25, -0.2) is 18.7 Å². The van der Waals surface area contributed by atoms with Crippen molar-refractivity contribution in [3.8, 4) is 11.3 Å². The predicted molar refractivity (Wildman–Crippen MR) is 92.6 cm³/mol. The number of carbonyl (C=O) groups excluding carboxylic acids is 1. The average Bonchev–Trinajstić information content (AvgIpc) is 3.35. The Morgan fingerprint density at radius 2 is 2.03 bits per heavy atom. The number of esters is 1. The quantitative estimate of drug-likeness (QED) is 0.483. The molecule has 1 atom stereocenters. The fourth-order valence-corrected chi connectivity index (χ4v) is 3.10. The number of rotatable bonds is 4. The first-order chi connectivity index (χ1) is 13.8. The lowest BCUT2D eigenvalue weighted by Gasteiger charge is -2.12. The van der Waals surface area contributed by atoms with E-state index in [1.807, 2.05) is 0 Å². The van der Waals surface area contributed by atoms with Crippen molar-refractivity contribution in [2.45, 2.75) is 25.1 Å². The smallest absolute Gasteiger partial charge is 0.433 e. The van der Waals surface area contributed by atoms with Gasteiger partial charge in [-0.2, -0.15) is 18.3 Å². The first-order valence-corrected chi connectivity index (χ1v) is 8.83. The van der Waals surface area contributed by atoms with Gasteiger partial charge in [0.05, 0.1) is 18.0 Å². The van der Waals surface area contributed by atoms with Crippen molar-refractivity contribution in [2.24, 2.45) is 0 Å². The molecule has 1 fully saturated rings. The van der Waals surface area contributed by atoms with Gasteiger partial charge >= 0.3 is 12.1 Å². The molecule has 0 unspecified atom stereocenters. The highest BCUT2D eigenvalue weighted by Crippen LogP contribution is 2.33. The van der Waals surface area contributed by atoms with E-state index in [0.717, 1.165) is 37.2 Å². The fraction of sp³-hybridized carbons (Fsp3) is 0.316. The van der Waals surface area contributed by atoms with Gasteiger partial charge in [0, 0.05) is 12.2 Å². The number of halogens is 4. The van der Waals surface area contributed by atoms with Gasteiger partial charge in [0.2, 0.25) is 0 Å². The maximum Gasteiger partial charge on any atom is 0.433 e. The SMILES string of the molecule is O=C(OC[C@@H]1CCCO1)c1cnn2c(C(F)(F)F)cc(-c3ccc(F)cc3)nc12. The second kappa shape index (κ2) is 7.43. The van der Waals surface area contributed by atoms with Gasteiger partial charge < -0.3 is 9.47 Å². The lowest BCUT2D eigenvalue weighted by atomic mass is 10.1. The summed E-state index contributed by atoms with van der Waals surface area (Å²) in [6.07, 6.45) is -2.39. The highest BCUT2D eigenvalue weighted by atomic mass is 19.4. The van der Waals surface area contributed by atoms with Gasteiger partial charge in [-0.15, -0.1) is 0 Å². The Morgan fingerprint density at radius 1 is 1.28 bits per heavy atom. The summed E-state index contributed by atoms with van der Waals surface area (Å²) in [6.45, 7) is 0.580. The number of benzene rings is 1. The van der Waals surface area contributed by atoms with Crippen LogP contribution in [0.25, 0.3) is 16.9 Å². The minimum atomic E-state index is -4.75. The molecule has 1 aliphatic heterocycles. The second-order valence-electron chi connectivity index (χ2n) is 6.56. The zero-order valence-corrected chi connectivity index (χ0v) is 14.9. The molecule has 3 aromatic rings. The van der Waals surface area contributed by atoms with Gasteiger partial charge in [0.15, 0.2) is 11.3 Å². The van der Waals surface area contributed by atoms with Gasteiger partial charge in [-0.3, -0.25) is 0 Å². The molecule has 4 rings (SSSR count). The Bertz CT molecular complexity index is 1040. The Morgan fingerprint density at radius 3 is 2.69 bits per heavy atom. The van der Waals surface area contributed by atoms with E-state index >= 15 is 0 Å². The zero-order chi connectivity index (χ0) is 20.6. The maximum atomic E-state index is 13.6. The van der Waals surface area contributed by atoms with E-state index in [-0.39, 0.29) is 35.2 Å². The van der Waals surface area contributed by atoms with Crippen molar-refractivity contribution < 1.29 is 31.8 Å². The molecular formula is C19H15F4N3O3. The molecule has 6 nitrogen and oxygen atoms in total. The van der Waals surface area contributed by atoms with Crippen LogP contribution >= 0.6 is 0 Å². The van der Waals surface area contributed by atoms with E-state index in [9.17, 15) is 22.4 Å². The van der Waals surface area contributed by atoms with Gasteiger partial charge in [-0.1, -0.05) is 0 Å². The molecule has 152 valence electrons. The molecule has 0 spiro atoms. The molecular weight excluding hydrogens is 394 g/mol. The minimum Gasteiger partial charge on any atom is -0.459 e. The van der Waals surface area contributed by atoms with Crippen molar-refractivity contribution in [3.63, 3.8) is 0 Å². The van der Waals surface area contributed by atoms with Crippen LogP contribution in [0.2, 0.25) is 0 Å². The Balaban J connectivity index is 1.75. The second-order valence-corrected chi connectivity index (χ2v) is 6.56. The maximum absolute atomic E-state index is 13.6. The predicted octanol–water partition coefficient (Wildman–Crippen LogP) is 3.89. The van der Waals surface area contributed by atoms with Crippen LogP contribution in [-0.4, -0.2) is 39.9 Å². The van der Waals surface area contributed by atoms with E-state index < -0.39 is 23.7 Å². The van der Waals surface area contributed by atoms with E-state index in [0.29, 0.717) is 11.1 Å². The van der Waals surface area contributed by atoms with Gasteiger partial charge in [0.25, 0.3) is 0 Å². The van der Waals surface area contributed by atoms with Crippen LogP contribution < -0.4 is 0 Å². The summed E-state index contributed by atoms with van der Waals surface area (Å²) < 4.78 is 64.9. The van der Waals surface area contributed by atoms with E-state index in [1.165, 1.54) is 12.1 Å². The number of hydrogen-bond donors (Lipinski definition) is 0. The van der Waals surface area contributed by atoms with Crippen molar-refractivity contribution in [1.82, 2.24) is 14.6 Å². The summed E-state index contributed by atoms with van der Waals surface area (Å²) in [4.78, 5) is 16.6. The van der Waals surface area contributed by atoms with Crippen LogP contribution in [0.5, 0.6) is 0 Å². The number of ether oxygens (including phenoxy) is 2. The summed E-state index contributed by atoms with van der Waals surface area (Å²) in [5.74, 6) is -1.37. The average molecular weight is 409 g/mol. The lowest BCUT2D eigenvalue weighted by Crippen LogP contribution is -2.18. The molecule has 1 saturated heterocycles. The molecule has 1 aliphatic rings. The molecule has 0 saturated carbocycles. The van der Waals surface area contributed by atoms with Crippen molar-refractivity contribution in [1.29, 1.82) is 0 Å². The zero-order valence-electron chi connectivity index (χ0n) is 14.9. The Hall–Kier alpha value is -3.01. The Kier molecular flexibility index (Phi) is 4.95. The molecule has 0 bridgehead atoms. The summed E-state index contributed by atoms with van der Waals surface area (Å²) in [6, 6.07) is 5.64. The standard InChI is InChI=1S/C19H15F4N3O3/c20-12-5-3-11(4-6-12)15-8-16(19(21,22)23)26-17(25-15)14(9-24-26)18(27)29-10-13-2-1-7-28-13/h3-6,8-9,13H,1-2,7,10H2/t13-/m0/s1. The van der Waals surface area contributed by atoms with Crippen LogP contribution in [0, 0.1) is 5.82 Å². The first-order valence-electron chi connectivity index (χ1n) is 8.83. The number of alkyl halides is 3. The molecule has 0 radical (unpaired) electrons. The topological polar surface area (TPSA) is 65.7 Å². The molecule has 3 heterocycles. The van der Waals surface area contributed by atoms with Crippen LogP contribution in [0.3, 0.4) is 0 Å². The number of hydrogen-bond acceptors (Lipinski definition) is 5. The molecule has 29 heavy (non-hydrogen) atoms. The molecule has 10 heteroatoms. The molecule has 2 aromatic heterocycles. The van der Waals surface area contributed by atoms with E-state index in [2.05, 4.69) is 10.1 Å². The summed E-state index contributed by atoms with van der Waals surface area (Å²) in [7, 11) is 0. The fourth-order valence-electron chi connectivity index (χ4n) is 3.10. The molecule has 0 amide bonds. The first kappa shape index (κ1) is 19.3. The Labute approximate surface area is 162 Å². The number of carbonyl (C=O) groups is 1. The highest BCUT2D eigenvalue weighted by molar-refractivity contribution is 5.96. The van der Waals surface area contributed by atoms with Crippen molar-refractivity contribution in [2.75, 3.05) is 13.2 Å². The minimum absolute atomic E-state index is 0.0000455. The van der Waals surface area contributed by atoms with E-state index in [1.54, 1.807) is 0 Å². The van der Waals surface area contributed by atoms with Crippen molar-refractivity contribution in [3.05, 3.63) is 53.6 Å². The van der Waals surface area contributed by atoms with Crippen LogP contribution in [-0.2, 0) is 15.7 Å². The highest BCUT2D eigenvalue weighted by Gasteiger charge is 2.36. The third kappa shape index (κ3) is 3.93. The monoisotopic (exact) mass is 409 g/mol. The van der Waals surface area contributed by atoms with Crippen molar-refractivity contribution >= 4 is 11.6 Å². The third-order valence-corrected chi connectivity index (χ3v) is 4.55. The lowest BCUT2D eigenvalue weighted by molar-refractivity contribution is -0.142. The molecule has 1 aromatic carbocycles. The van der Waals surface area contributed by atoms with E-state index in [4.69, 9.17) is 9.47 Å². The summed E-state index contributed by atoms with van der Waals surface area (Å²) >= 11 is 0. The van der Waals surface area contributed by atoms with Crippen LogP contribution in [0.4, 0.5) is 17.6 Å². The third-order valence-electron chi connectivity index (χ3n) is 4.55. The van der Waals surface area contributed by atoms with Gasteiger partial charge in [-0.05, 0) is 43.2 Å². The number of fused-ring (bicyclic) bond motifs is 1. The molecule has 0 aliphatic carbocycles. The summed E-state index contributed by atoms with van der Waals surface area (Å²) in [5, 5.41) is 3.68. The number of nitrogens with zero attached hydrogens (tertiary/aromatic N) is 3. The summed E-state index contributed by atoms with van der Waals surface area (Å²) in [5.41, 5.74) is -1.41. The molecule has 0 N–H and O–H groups in total. The van der Waals surface area contributed by atoms with Crippen LogP contribution in [0.15, 0.2) is 36.5 Å². The number of aromatic nitrogens is 3. The largest absolute Gasteiger partial charge is 0.459 e. The van der Waals surface area contributed by atoms with Gasteiger partial charge in [0.1, 0.15) is 18.0 Å². The van der Waals surface area contributed by atoms with Crippen LogP contribution in [0.1, 0.15) is 28.9 Å². The normalized spacial score (nSPS) is 17.0.